The Hall–Kier alpha value is -0.720. The van der Waals surface area contributed by atoms with Gasteiger partial charge in [0.1, 0.15) is 5.82 Å². The molecule has 0 saturated carbocycles. The molecular formula is C10H10BrClN2. The number of nitrogens with one attached hydrogen (secondary N) is 1. The van der Waals surface area contributed by atoms with Gasteiger partial charge >= 0.3 is 0 Å². The Morgan fingerprint density at radius 2 is 2.50 bits per heavy atom. The molecule has 0 amide bonds. The quantitative estimate of drug-likeness (QED) is 0.855. The molecule has 0 aliphatic rings. The molecule has 1 N–H and O–H groups in total. The van der Waals surface area contributed by atoms with Crippen LogP contribution in [0.1, 0.15) is 13.3 Å². The topological polar surface area (TPSA) is 24.9 Å². The Labute approximate surface area is 97.2 Å². The van der Waals surface area contributed by atoms with Gasteiger partial charge in [-0.2, -0.15) is 0 Å². The molecule has 0 saturated heterocycles. The van der Waals surface area contributed by atoms with Crippen molar-refractivity contribution in [2.45, 2.75) is 19.4 Å². The fourth-order valence-electron chi connectivity index (χ4n) is 0.982. The summed E-state index contributed by atoms with van der Waals surface area (Å²) in [7, 11) is 0. The van der Waals surface area contributed by atoms with Crippen molar-refractivity contribution in [1.82, 2.24) is 4.98 Å². The van der Waals surface area contributed by atoms with Gasteiger partial charge in [0.2, 0.25) is 0 Å². The van der Waals surface area contributed by atoms with Crippen LogP contribution in [-0.2, 0) is 0 Å². The normalized spacial score (nSPS) is 11.9. The third kappa shape index (κ3) is 3.21. The fourth-order valence-corrected chi connectivity index (χ4v) is 1.67. The van der Waals surface area contributed by atoms with E-state index in [4.69, 9.17) is 18.0 Å². The van der Waals surface area contributed by atoms with Gasteiger partial charge in [0.05, 0.1) is 5.02 Å². The van der Waals surface area contributed by atoms with Crippen LogP contribution in [0, 0.1) is 12.3 Å². The van der Waals surface area contributed by atoms with E-state index in [1.165, 1.54) is 0 Å². The van der Waals surface area contributed by atoms with Crippen LogP contribution in [0.5, 0.6) is 0 Å². The van der Waals surface area contributed by atoms with Crippen LogP contribution in [0.2, 0.25) is 5.02 Å². The summed E-state index contributed by atoms with van der Waals surface area (Å²) < 4.78 is 0.859. The van der Waals surface area contributed by atoms with E-state index in [1.54, 1.807) is 12.3 Å². The molecule has 14 heavy (non-hydrogen) atoms. The molecule has 0 bridgehead atoms. The minimum absolute atomic E-state index is 0.172. The molecule has 1 atom stereocenters. The maximum Gasteiger partial charge on any atom is 0.145 e. The van der Waals surface area contributed by atoms with Crippen LogP contribution in [0.4, 0.5) is 5.82 Å². The van der Waals surface area contributed by atoms with Crippen molar-refractivity contribution in [2.75, 3.05) is 5.32 Å². The third-order valence-corrected chi connectivity index (χ3v) is 2.34. The van der Waals surface area contributed by atoms with E-state index in [0.29, 0.717) is 17.3 Å². The smallest absolute Gasteiger partial charge is 0.145 e. The molecule has 1 unspecified atom stereocenters. The second kappa shape index (κ2) is 5.23. The van der Waals surface area contributed by atoms with E-state index >= 15 is 0 Å². The average Bonchev–Trinajstić information content (AvgIpc) is 2.10. The molecule has 1 aromatic rings. The Balaban J connectivity index is 2.73. The Kier molecular flexibility index (Phi) is 4.24. The highest BCUT2D eigenvalue weighted by Crippen LogP contribution is 2.23. The average molecular weight is 274 g/mol. The number of halogens is 2. The van der Waals surface area contributed by atoms with Gasteiger partial charge in [-0.3, -0.25) is 0 Å². The van der Waals surface area contributed by atoms with E-state index in [1.807, 2.05) is 6.92 Å². The minimum atomic E-state index is 0.172. The second-order valence-electron chi connectivity index (χ2n) is 2.94. The summed E-state index contributed by atoms with van der Waals surface area (Å²) in [5.74, 6) is 3.24. The zero-order valence-corrected chi connectivity index (χ0v) is 10.1. The highest BCUT2D eigenvalue weighted by Gasteiger charge is 2.05. The lowest BCUT2D eigenvalue weighted by Gasteiger charge is -2.12. The van der Waals surface area contributed by atoms with Gasteiger partial charge in [-0.05, 0) is 28.9 Å². The summed E-state index contributed by atoms with van der Waals surface area (Å²) in [6, 6.07) is 1.96. The number of rotatable bonds is 3. The number of hydrogen-bond acceptors (Lipinski definition) is 2. The molecule has 1 heterocycles. The van der Waals surface area contributed by atoms with Crippen LogP contribution >= 0.6 is 27.5 Å². The molecule has 0 aromatic carbocycles. The van der Waals surface area contributed by atoms with E-state index in [0.717, 1.165) is 4.47 Å². The molecule has 1 rings (SSSR count). The van der Waals surface area contributed by atoms with E-state index in [-0.39, 0.29) is 6.04 Å². The number of hydrogen-bond donors (Lipinski definition) is 1. The van der Waals surface area contributed by atoms with Crippen LogP contribution in [-0.4, -0.2) is 11.0 Å². The number of anilines is 1. The molecule has 0 radical (unpaired) electrons. The number of aromatic nitrogens is 1. The van der Waals surface area contributed by atoms with Gasteiger partial charge in [0.25, 0.3) is 0 Å². The summed E-state index contributed by atoms with van der Waals surface area (Å²) >= 11 is 9.25. The molecule has 0 fully saturated rings. The maximum atomic E-state index is 5.97. The van der Waals surface area contributed by atoms with Gasteiger partial charge in [-0.25, -0.2) is 4.98 Å². The summed E-state index contributed by atoms with van der Waals surface area (Å²) in [6.45, 7) is 1.99. The van der Waals surface area contributed by atoms with E-state index in [2.05, 4.69) is 32.2 Å². The lowest BCUT2D eigenvalue weighted by molar-refractivity contribution is 0.821. The highest BCUT2D eigenvalue weighted by atomic mass is 79.9. The van der Waals surface area contributed by atoms with Crippen molar-refractivity contribution in [3.63, 3.8) is 0 Å². The molecule has 4 heteroatoms. The monoisotopic (exact) mass is 272 g/mol. The first kappa shape index (κ1) is 11.4. The number of terminal acetylenes is 1. The van der Waals surface area contributed by atoms with Gasteiger partial charge in [0, 0.05) is 23.1 Å². The van der Waals surface area contributed by atoms with E-state index in [9.17, 15) is 0 Å². The third-order valence-electron chi connectivity index (χ3n) is 1.61. The van der Waals surface area contributed by atoms with Crippen molar-refractivity contribution >= 4 is 33.3 Å². The molecule has 0 aliphatic heterocycles. The van der Waals surface area contributed by atoms with Crippen molar-refractivity contribution in [1.29, 1.82) is 0 Å². The van der Waals surface area contributed by atoms with Crippen molar-refractivity contribution < 1.29 is 0 Å². The Bertz CT molecular complexity index is 360. The Morgan fingerprint density at radius 3 is 3.07 bits per heavy atom. The van der Waals surface area contributed by atoms with Gasteiger partial charge in [-0.15, -0.1) is 12.3 Å². The van der Waals surface area contributed by atoms with Crippen molar-refractivity contribution in [3.8, 4) is 12.3 Å². The molecule has 0 aliphatic carbocycles. The maximum absolute atomic E-state index is 5.97. The largest absolute Gasteiger partial charge is 0.365 e. The van der Waals surface area contributed by atoms with Crippen LogP contribution in [0.15, 0.2) is 16.7 Å². The van der Waals surface area contributed by atoms with Crippen molar-refractivity contribution in [3.05, 3.63) is 21.8 Å². The number of nitrogens with zero attached hydrogens (tertiary/aromatic N) is 1. The summed E-state index contributed by atoms with van der Waals surface area (Å²) in [5.41, 5.74) is 0. The van der Waals surface area contributed by atoms with Crippen LogP contribution in [0.25, 0.3) is 0 Å². The molecule has 0 spiro atoms. The van der Waals surface area contributed by atoms with Gasteiger partial charge in [-0.1, -0.05) is 11.6 Å². The molecule has 1 aromatic heterocycles. The molecular weight excluding hydrogens is 263 g/mol. The molecule has 74 valence electrons. The predicted molar refractivity (Wildman–Crippen MR) is 63.5 cm³/mol. The fraction of sp³-hybridized carbons (Fsp3) is 0.300. The van der Waals surface area contributed by atoms with Crippen LogP contribution < -0.4 is 5.32 Å². The lowest BCUT2D eigenvalue weighted by atomic mass is 10.2. The first-order valence-electron chi connectivity index (χ1n) is 4.14. The summed E-state index contributed by atoms with van der Waals surface area (Å²) in [5, 5.41) is 3.72. The standard InChI is InChI=1S/C10H10BrClN2/c1-3-4-7(2)14-10-9(12)5-8(11)6-13-10/h1,5-7H,4H2,2H3,(H,13,14). The van der Waals surface area contributed by atoms with E-state index < -0.39 is 0 Å². The zero-order valence-electron chi connectivity index (χ0n) is 7.72. The first-order valence-corrected chi connectivity index (χ1v) is 5.31. The van der Waals surface area contributed by atoms with Gasteiger partial charge in [0.15, 0.2) is 0 Å². The Morgan fingerprint density at radius 1 is 1.79 bits per heavy atom. The zero-order chi connectivity index (χ0) is 10.6. The highest BCUT2D eigenvalue weighted by molar-refractivity contribution is 9.10. The van der Waals surface area contributed by atoms with Gasteiger partial charge < -0.3 is 5.32 Å². The number of pyridine rings is 1. The second-order valence-corrected chi connectivity index (χ2v) is 4.26. The van der Waals surface area contributed by atoms with Crippen LogP contribution in [0.3, 0.4) is 0 Å². The van der Waals surface area contributed by atoms with Crippen molar-refractivity contribution in [2.24, 2.45) is 0 Å². The first-order chi connectivity index (χ1) is 6.63. The SMILES string of the molecule is C#CCC(C)Nc1ncc(Br)cc1Cl. The summed E-state index contributed by atoms with van der Waals surface area (Å²) in [6.07, 6.45) is 7.53. The molecule has 2 nitrogen and oxygen atoms in total. The summed E-state index contributed by atoms with van der Waals surface area (Å²) in [4.78, 5) is 4.14. The predicted octanol–water partition coefficient (Wildman–Crippen LogP) is 3.32. The minimum Gasteiger partial charge on any atom is -0.365 e. The lowest BCUT2D eigenvalue weighted by Crippen LogP contribution is -2.15.